The zero-order valence-electron chi connectivity index (χ0n) is 14.7. The molecule has 2 fully saturated rings. The number of phenols is 1. The number of halogens is 1. The van der Waals surface area contributed by atoms with Crippen LogP contribution in [0.4, 0.5) is 11.4 Å². The molecule has 140 valence electrons. The summed E-state index contributed by atoms with van der Waals surface area (Å²) in [6.07, 6.45) is 0.230. The minimum absolute atomic E-state index is 0.139. The molecule has 2 amide bonds. The molecular weight excluding hydrogens is 410 g/mol. The Bertz CT molecular complexity index is 846. The lowest BCUT2D eigenvalue weighted by molar-refractivity contribution is -0.123. The average molecular weight is 430 g/mol. The van der Waals surface area contributed by atoms with Crippen molar-refractivity contribution in [3.63, 3.8) is 0 Å². The van der Waals surface area contributed by atoms with Gasteiger partial charge in [-0.05, 0) is 48.5 Å². The SMILES string of the molecule is O=C1C[C@H](N2CCN(c3ccc(O)cc3)CC2)C(=O)N1c1ccc(Br)cc1. The van der Waals surface area contributed by atoms with E-state index in [1.165, 1.54) is 4.90 Å². The van der Waals surface area contributed by atoms with Crippen molar-refractivity contribution in [3.05, 3.63) is 53.0 Å². The predicted molar refractivity (Wildman–Crippen MR) is 107 cm³/mol. The van der Waals surface area contributed by atoms with Crippen LogP contribution in [0.2, 0.25) is 0 Å². The summed E-state index contributed by atoms with van der Waals surface area (Å²) >= 11 is 3.37. The van der Waals surface area contributed by atoms with Crippen LogP contribution in [0.15, 0.2) is 53.0 Å². The maximum absolute atomic E-state index is 12.9. The van der Waals surface area contributed by atoms with Crippen molar-refractivity contribution in [2.75, 3.05) is 36.0 Å². The van der Waals surface area contributed by atoms with E-state index in [4.69, 9.17) is 0 Å². The van der Waals surface area contributed by atoms with Crippen LogP contribution in [0.1, 0.15) is 6.42 Å². The minimum Gasteiger partial charge on any atom is -0.508 e. The highest BCUT2D eigenvalue weighted by molar-refractivity contribution is 9.10. The molecule has 2 aliphatic heterocycles. The van der Waals surface area contributed by atoms with Crippen molar-refractivity contribution in [2.45, 2.75) is 12.5 Å². The van der Waals surface area contributed by atoms with Gasteiger partial charge < -0.3 is 10.0 Å². The summed E-state index contributed by atoms with van der Waals surface area (Å²) in [7, 11) is 0. The molecule has 4 rings (SSSR count). The average Bonchev–Trinajstić information content (AvgIpc) is 2.98. The van der Waals surface area contributed by atoms with E-state index < -0.39 is 0 Å². The highest BCUT2D eigenvalue weighted by Crippen LogP contribution is 2.28. The van der Waals surface area contributed by atoms with E-state index >= 15 is 0 Å². The minimum atomic E-state index is -0.386. The number of amides is 2. The van der Waals surface area contributed by atoms with Gasteiger partial charge in [0.15, 0.2) is 0 Å². The lowest BCUT2D eigenvalue weighted by atomic mass is 10.1. The number of aromatic hydroxyl groups is 1. The highest BCUT2D eigenvalue weighted by Gasteiger charge is 2.43. The summed E-state index contributed by atoms with van der Waals surface area (Å²) in [5.74, 6) is -0.0332. The quantitative estimate of drug-likeness (QED) is 0.759. The lowest BCUT2D eigenvalue weighted by Gasteiger charge is -2.38. The first-order valence-corrected chi connectivity index (χ1v) is 9.72. The molecule has 27 heavy (non-hydrogen) atoms. The van der Waals surface area contributed by atoms with Gasteiger partial charge in [0.1, 0.15) is 5.75 Å². The fraction of sp³-hybridized carbons (Fsp3) is 0.300. The van der Waals surface area contributed by atoms with Gasteiger partial charge in [-0.25, -0.2) is 4.90 Å². The van der Waals surface area contributed by atoms with Crippen LogP contribution in [0.5, 0.6) is 5.75 Å². The molecule has 1 N–H and O–H groups in total. The second-order valence-electron chi connectivity index (χ2n) is 6.80. The van der Waals surface area contributed by atoms with Crippen LogP contribution in [0, 0.1) is 0 Å². The molecule has 2 aromatic carbocycles. The highest BCUT2D eigenvalue weighted by atomic mass is 79.9. The standard InChI is InChI=1S/C20H20BrN3O3/c21-14-1-3-16(4-2-14)24-19(26)13-18(20(24)27)23-11-9-22(10-12-23)15-5-7-17(25)8-6-15/h1-8,18,25H,9-13H2/t18-/m0/s1. The molecule has 0 unspecified atom stereocenters. The van der Waals surface area contributed by atoms with Gasteiger partial charge in [-0.2, -0.15) is 0 Å². The Morgan fingerprint density at radius 2 is 1.44 bits per heavy atom. The Kier molecular flexibility index (Phi) is 4.88. The number of hydrogen-bond acceptors (Lipinski definition) is 5. The first kappa shape index (κ1) is 18.0. The normalized spacial score (nSPS) is 21.1. The van der Waals surface area contributed by atoms with E-state index in [9.17, 15) is 14.7 Å². The topological polar surface area (TPSA) is 64.1 Å². The maximum Gasteiger partial charge on any atom is 0.251 e. The van der Waals surface area contributed by atoms with Crippen molar-refractivity contribution < 1.29 is 14.7 Å². The molecule has 0 aliphatic carbocycles. The number of hydrogen-bond donors (Lipinski definition) is 1. The van der Waals surface area contributed by atoms with Gasteiger partial charge in [0.05, 0.1) is 18.2 Å². The number of piperazine rings is 1. The maximum atomic E-state index is 12.9. The van der Waals surface area contributed by atoms with Crippen LogP contribution in [-0.2, 0) is 9.59 Å². The molecule has 1 atom stereocenters. The predicted octanol–water partition coefficient (Wildman–Crippen LogP) is 2.61. The van der Waals surface area contributed by atoms with Gasteiger partial charge in [-0.1, -0.05) is 15.9 Å². The van der Waals surface area contributed by atoms with Crippen molar-refractivity contribution in [3.8, 4) is 5.75 Å². The molecule has 2 heterocycles. The van der Waals surface area contributed by atoms with E-state index in [0.29, 0.717) is 5.69 Å². The van der Waals surface area contributed by atoms with Crippen molar-refractivity contribution in [1.82, 2.24) is 4.90 Å². The largest absolute Gasteiger partial charge is 0.508 e. The van der Waals surface area contributed by atoms with Gasteiger partial charge in [-0.3, -0.25) is 14.5 Å². The van der Waals surface area contributed by atoms with Crippen LogP contribution >= 0.6 is 15.9 Å². The number of nitrogens with zero attached hydrogens (tertiary/aromatic N) is 3. The van der Waals surface area contributed by atoms with Crippen molar-refractivity contribution in [2.24, 2.45) is 0 Å². The number of anilines is 2. The second kappa shape index (κ2) is 7.32. The van der Waals surface area contributed by atoms with Gasteiger partial charge in [0.2, 0.25) is 5.91 Å². The number of carbonyl (C=O) groups excluding carboxylic acids is 2. The molecule has 2 saturated heterocycles. The molecule has 0 bridgehead atoms. The van der Waals surface area contributed by atoms with E-state index in [0.717, 1.165) is 36.3 Å². The lowest BCUT2D eigenvalue weighted by Crippen LogP contribution is -2.52. The van der Waals surface area contributed by atoms with E-state index in [1.54, 1.807) is 24.3 Å². The molecule has 0 aromatic heterocycles. The van der Waals surface area contributed by atoms with E-state index in [1.807, 2.05) is 24.3 Å². The number of imide groups is 1. The number of phenolic OH excluding ortho intramolecular Hbond substituents is 1. The van der Waals surface area contributed by atoms with Gasteiger partial charge >= 0.3 is 0 Å². The smallest absolute Gasteiger partial charge is 0.251 e. The van der Waals surface area contributed by atoms with E-state index in [-0.39, 0.29) is 30.0 Å². The van der Waals surface area contributed by atoms with Crippen LogP contribution in [-0.4, -0.2) is 54.0 Å². The first-order valence-electron chi connectivity index (χ1n) is 8.93. The molecule has 0 spiro atoms. The Balaban J connectivity index is 1.43. The van der Waals surface area contributed by atoms with Gasteiger partial charge in [-0.15, -0.1) is 0 Å². The Hall–Kier alpha value is -2.38. The zero-order valence-corrected chi connectivity index (χ0v) is 16.3. The third-order valence-electron chi connectivity index (χ3n) is 5.18. The molecule has 0 radical (unpaired) electrons. The number of rotatable bonds is 3. The molecule has 2 aromatic rings. The summed E-state index contributed by atoms with van der Waals surface area (Å²) in [6.45, 7) is 3.00. The molecule has 6 nitrogen and oxygen atoms in total. The zero-order chi connectivity index (χ0) is 19.0. The van der Waals surface area contributed by atoms with Gasteiger partial charge in [0, 0.05) is 36.3 Å². The number of benzene rings is 2. The molecule has 2 aliphatic rings. The Morgan fingerprint density at radius 1 is 0.852 bits per heavy atom. The van der Waals surface area contributed by atoms with Crippen molar-refractivity contribution in [1.29, 1.82) is 0 Å². The molecular formula is C20H20BrN3O3. The van der Waals surface area contributed by atoms with Crippen LogP contribution in [0.3, 0.4) is 0 Å². The fourth-order valence-corrected chi connectivity index (χ4v) is 3.98. The van der Waals surface area contributed by atoms with Crippen LogP contribution in [0.25, 0.3) is 0 Å². The fourth-order valence-electron chi connectivity index (χ4n) is 3.72. The summed E-state index contributed by atoms with van der Waals surface area (Å²) in [5, 5.41) is 9.43. The van der Waals surface area contributed by atoms with Gasteiger partial charge in [0.25, 0.3) is 5.91 Å². The molecule has 7 heteroatoms. The third-order valence-corrected chi connectivity index (χ3v) is 5.71. The van der Waals surface area contributed by atoms with Crippen molar-refractivity contribution >= 4 is 39.1 Å². The third kappa shape index (κ3) is 3.57. The summed E-state index contributed by atoms with van der Waals surface area (Å²) < 4.78 is 0.909. The number of carbonyl (C=O) groups is 2. The first-order chi connectivity index (χ1) is 13.0. The molecule has 0 saturated carbocycles. The Morgan fingerprint density at radius 3 is 2.07 bits per heavy atom. The summed E-state index contributed by atoms with van der Waals surface area (Å²) in [6, 6.07) is 14.0. The Labute approximate surface area is 166 Å². The summed E-state index contributed by atoms with van der Waals surface area (Å²) in [4.78, 5) is 31.0. The monoisotopic (exact) mass is 429 g/mol. The van der Waals surface area contributed by atoms with Crippen LogP contribution < -0.4 is 9.80 Å². The van der Waals surface area contributed by atoms with E-state index in [2.05, 4.69) is 25.7 Å². The summed E-state index contributed by atoms with van der Waals surface area (Å²) in [5.41, 5.74) is 1.68. The second-order valence-corrected chi connectivity index (χ2v) is 7.72.